The first-order chi connectivity index (χ1) is 9.99. The molecule has 2 amide bonds. The average molecular weight is 310 g/mol. The Morgan fingerprint density at radius 2 is 1.86 bits per heavy atom. The minimum Gasteiger partial charge on any atom is -0.339 e. The van der Waals surface area contributed by atoms with Crippen LogP contribution in [0.25, 0.3) is 0 Å². The molecule has 0 aliphatic carbocycles. The quantitative estimate of drug-likeness (QED) is 0.859. The predicted molar refractivity (Wildman–Crippen MR) is 81.2 cm³/mol. The van der Waals surface area contributed by atoms with Crippen LogP contribution in [0.4, 0.5) is 0 Å². The number of amides is 2. The van der Waals surface area contributed by atoms with Crippen LogP contribution in [-0.2, 0) is 4.79 Å². The maximum atomic E-state index is 12.4. The van der Waals surface area contributed by atoms with Crippen molar-refractivity contribution in [2.75, 3.05) is 26.2 Å². The van der Waals surface area contributed by atoms with E-state index >= 15 is 0 Å². The SMILES string of the molecule is CC(C)CC(=O)N1CCN(C(=O)c2cnccc2Cl)CC1. The van der Waals surface area contributed by atoms with Crippen molar-refractivity contribution in [2.45, 2.75) is 20.3 Å². The van der Waals surface area contributed by atoms with Gasteiger partial charge in [0.25, 0.3) is 5.91 Å². The van der Waals surface area contributed by atoms with Crippen LogP contribution >= 0.6 is 11.6 Å². The number of rotatable bonds is 3. The molecule has 0 aromatic carbocycles. The normalized spacial score (nSPS) is 15.4. The molecule has 6 heteroatoms. The van der Waals surface area contributed by atoms with Crippen LogP contribution in [-0.4, -0.2) is 52.8 Å². The molecule has 0 radical (unpaired) electrons. The third kappa shape index (κ3) is 3.94. The Morgan fingerprint density at radius 1 is 1.24 bits per heavy atom. The Hall–Kier alpha value is -1.62. The maximum absolute atomic E-state index is 12.4. The van der Waals surface area contributed by atoms with Gasteiger partial charge >= 0.3 is 0 Å². The highest BCUT2D eigenvalue weighted by Crippen LogP contribution is 2.17. The Morgan fingerprint density at radius 3 is 2.43 bits per heavy atom. The molecular formula is C15H20ClN3O2. The first kappa shape index (κ1) is 15.8. The lowest BCUT2D eigenvalue weighted by Gasteiger charge is -2.35. The van der Waals surface area contributed by atoms with E-state index in [1.807, 2.05) is 18.7 Å². The summed E-state index contributed by atoms with van der Waals surface area (Å²) in [4.78, 5) is 31.9. The topological polar surface area (TPSA) is 53.5 Å². The van der Waals surface area contributed by atoms with Gasteiger partial charge in [0.1, 0.15) is 0 Å². The van der Waals surface area contributed by atoms with Crippen molar-refractivity contribution in [3.63, 3.8) is 0 Å². The number of halogens is 1. The molecule has 114 valence electrons. The zero-order chi connectivity index (χ0) is 15.4. The number of hydrogen-bond donors (Lipinski definition) is 0. The molecule has 2 rings (SSSR count). The molecule has 0 spiro atoms. The van der Waals surface area contributed by atoms with E-state index in [4.69, 9.17) is 11.6 Å². The van der Waals surface area contributed by atoms with E-state index in [0.29, 0.717) is 49.1 Å². The lowest BCUT2D eigenvalue weighted by molar-refractivity contribution is -0.133. The monoisotopic (exact) mass is 309 g/mol. The summed E-state index contributed by atoms with van der Waals surface area (Å²) in [6, 6.07) is 1.61. The second-order valence-electron chi connectivity index (χ2n) is 5.63. The van der Waals surface area contributed by atoms with E-state index in [1.54, 1.807) is 17.2 Å². The van der Waals surface area contributed by atoms with Gasteiger partial charge in [0.05, 0.1) is 10.6 Å². The second kappa shape index (κ2) is 6.89. The fourth-order valence-corrected chi connectivity index (χ4v) is 2.53. The predicted octanol–water partition coefficient (Wildman–Crippen LogP) is 2.07. The number of nitrogens with zero attached hydrogens (tertiary/aromatic N) is 3. The summed E-state index contributed by atoms with van der Waals surface area (Å²) in [5, 5.41) is 0.410. The summed E-state index contributed by atoms with van der Waals surface area (Å²) in [7, 11) is 0. The third-order valence-corrected chi connectivity index (χ3v) is 3.83. The van der Waals surface area contributed by atoms with Crippen LogP contribution in [0.3, 0.4) is 0 Å². The van der Waals surface area contributed by atoms with Crippen LogP contribution in [0.15, 0.2) is 18.5 Å². The van der Waals surface area contributed by atoms with Crippen molar-refractivity contribution in [1.29, 1.82) is 0 Å². The van der Waals surface area contributed by atoms with Crippen LogP contribution in [0.5, 0.6) is 0 Å². The molecule has 0 unspecified atom stereocenters. The van der Waals surface area contributed by atoms with E-state index in [-0.39, 0.29) is 11.8 Å². The molecule has 1 aliphatic heterocycles. The number of hydrogen-bond acceptors (Lipinski definition) is 3. The summed E-state index contributed by atoms with van der Waals surface area (Å²) in [5.41, 5.74) is 0.418. The van der Waals surface area contributed by atoms with E-state index in [2.05, 4.69) is 4.98 Å². The highest BCUT2D eigenvalue weighted by atomic mass is 35.5. The molecule has 0 N–H and O–H groups in total. The maximum Gasteiger partial charge on any atom is 0.257 e. The van der Waals surface area contributed by atoms with E-state index in [9.17, 15) is 9.59 Å². The zero-order valence-corrected chi connectivity index (χ0v) is 13.1. The van der Waals surface area contributed by atoms with E-state index in [1.165, 1.54) is 6.20 Å². The van der Waals surface area contributed by atoms with Crippen LogP contribution < -0.4 is 0 Å². The van der Waals surface area contributed by atoms with Crippen molar-refractivity contribution in [3.05, 3.63) is 29.0 Å². The second-order valence-corrected chi connectivity index (χ2v) is 6.03. The number of pyridine rings is 1. The van der Waals surface area contributed by atoms with Gasteiger partial charge in [0.15, 0.2) is 0 Å². The van der Waals surface area contributed by atoms with Crippen molar-refractivity contribution in [1.82, 2.24) is 14.8 Å². The first-order valence-electron chi connectivity index (χ1n) is 7.15. The summed E-state index contributed by atoms with van der Waals surface area (Å²) in [5.74, 6) is 0.395. The lowest BCUT2D eigenvalue weighted by atomic mass is 10.1. The molecule has 1 aromatic heterocycles. The fraction of sp³-hybridized carbons (Fsp3) is 0.533. The molecule has 21 heavy (non-hydrogen) atoms. The van der Waals surface area contributed by atoms with Crippen molar-refractivity contribution < 1.29 is 9.59 Å². The van der Waals surface area contributed by atoms with E-state index in [0.717, 1.165) is 0 Å². The number of piperazine rings is 1. The van der Waals surface area contributed by atoms with Crippen LogP contribution in [0, 0.1) is 5.92 Å². The smallest absolute Gasteiger partial charge is 0.257 e. The molecule has 1 fully saturated rings. The third-order valence-electron chi connectivity index (χ3n) is 3.50. The van der Waals surface area contributed by atoms with Gasteiger partial charge in [-0.25, -0.2) is 0 Å². The number of carbonyl (C=O) groups is 2. The van der Waals surface area contributed by atoms with Gasteiger partial charge in [0, 0.05) is 45.0 Å². The van der Waals surface area contributed by atoms with Crippen molar-refractivity contribution in [2.24, 2.45) is 5.92 Å². The highest BCUT2D eigenvalue weighted by molar-refractivity contribution is 6.33. The molecule has 1 aromatic rings. The average Bonchev–Trinajstić information content (AvgIpc) is 2.46. The molecule has 5 nitrogen and oxygen atoms in total. The molecule has 2 heterocycles. The Balaban J connectivity index is 1.94. The van der Waals surface area contributed by atoms with Crippen molar-refractivity contribution in [3.8, 4) is 0 Å². The number of carbonyl (C=O) groups excluding carboxylic acids is 2. The molecule has 0 atom stereocenters. The van der Waals surface area contributed by atoms with Gasteiger partial charge in [-0.2, -0.15) is 0 Å². The fourth-order valence-electron chi connectivity index (χ4n) is 2.34. The van der Waals surface area contributed by atoms with Gasteiger partial charge in [-0.3, -0.25) is 14.6 Å². The minimum absolute atomic E-state index is 0.121. The summed E-state index contributed by atoms with van der Waals surface area (Å²) < 4.78 is 0. The Kier molecular flexibility index (Phi) is 5.17. The van der Waals surface area contributed by atoms with Crippen LogP contribution in [0.2, 0.25) is 5.02 Å². The summed E-state index contributed by atoms with van der Waals surface area (Å²) >= 11 is 6.02. The van der Waals surface area contributed by atoms with Gasteiger partial charge in [-0.15, -0.1) is 0 Å². The Bertz CT molecular complexity index is 525. The minimum atomic E-state index is -0.121. The van der Waals surface area contributed by atoms with Crippen LogP contribution in [0.1, 0.15) is 30.6 Å². The van der Waals surface area contributed by atoms with E-state index < -0.39 is 0 Å². The molecule has 1 saturated heterocycles. The van der Waals surface area contributed by atoms with Crippen molar-refractivity contribution >= 4 is 23.4 Å². The molecule has 1 aliphatic rings. The molecular weight excluding hydrogens is 290 g/mol. The largest absolute Gasteiger partial charge is 0.339 e. The zero-order valence-electron chi connectivity index (χ0n) is 12.4. The summed E-state index contributed by atoms with van der Waals surface area (Å²) in [6.45, 7) is 6.29. The summed E-state index contributed by atoms with van der Waals surface area (Å²) in [6.07, 6.45) is 3.60. The lowest BCUT2D eigenvalue weighted by Crippen LogP contribution is -2.50. The van der Waals surface area contributed by atoms with Gasteiger partial charge in [-0.05, 0) is 12.0 Å². The highest BCUT2D eigenvalue weighted by Gasteiger charge is 2.26. The Labute approximate surface area is 129 Å². The van der Waals surface area contributed by atoms with Gasteiger partial charge < -0.3 is 9.80 Å². The van der Waals surface area contributed by atoms with Gasteiger partial charge in [-0.1, -0.05) is 25.4 Å². The standard InChI is InChI=1S/C15H20ClN3O2/c1-11(2)9-14(20)18-5-7-19(8-6-18)15(21)12-10-17-4-3-13(12)16/h3-4,10-11H,5-9H2,1-2H3. The van der Waals surface area contributed by atoms with Gasteiger partial charge in [0.2, 0.25) is 5.91 Å². The molecule has 0 bridgehead atoms. The first-order valence-corrected chi connectivity index (χ1v) is 7.53. The molecule has 0 saturated carbocycles. The number of aromatic nitrogens is 1.